The normalized spacial score (nSPS) is 12.4. The van der Waals surface area contributed by atoms with Gasteiger partial charge in [-0.05, 0) is 20.8 Å². The first-order valence-electron chi connectivity index (χ1n) is 4.24. The van der Waals surface area contributed by atoms with Crippen molar-refractivity contribution in [3.05, 3.63) is 12.0 Å². The van der Waals surface area contributed by atoms with Crippen molar-refractivity contribution in [3.63, 3.8) is 0 Å². The molecule has 82 valence electrons. The van der Waals surface area contributed by atoms with Crippen LogP contribution in [0, 0.1) is 18.3 Å². The highest BCUT2D eigenvalue weighted by Crippen LogP contribution is 2.09. The molecule has 0 saturated heterocycles. The molecule has 15 heavy (non-hydrogen) atoms. The molecule has 2 N–H and O–H groups in total. The fourth-order valence-corrected chi connectivity index (χ4v) is 2.25. The molecule has 1 aromatic rings. The smallest absolute Gasteiger partial charge is 0.258 e. The number of nitrogens with one attached hydrogen (secondary N) is 2. The lowest BCUT2D eigenvalue weighted by Gasteiger charge is -2.16. The molecular weight excluding hydrogens is 216 g/mol. The topological polar surface area (TPSA) is 98.6 Å². The number of nitriles is 1. The summed E-state index contributed by atoms with van der Waals surface area (Å²) in [7, 11) is -3.70. The molecule has 0 atom stereocenters. The Morgan fingerprint density at radius 3 is 2.60 bits per heavy atom. The summed E-state index contributed by atoms with van der Waals surface area (Å²) in [5, 5.41) is 8.67. The molecule has 0 saturated carbocycles. The van der Waals surface area contributed by atoms with E-state index in [2.05, 4.69) is 14.7 Å². The van der Waals surface area contributed by atoms with Crippen LogP contribution in [0.2, 0.25) is 0 Å². The Bertz CT molecular complexity index is 495. The number of hydrogen-bond donors (Lipinski definition) is 2. The number of nitrogens with zero attached hydrogens (tertiary/aromatic N) is 2. The molecule has 6 nitrogen and oxygen atoms in total. The minimum atomic E-state index is -3.70. The fraction of sp³-hybridized carbons (Fsp3) is 0.500. The van der Waals surface area contributed by atoms with Crippen LogP contribution in [0.5, 0.6) is 0 Å². The molecule has 7 heteroatoms. The van der Waals surface area contributed by atoms with Crippen molar-refractivity contribution in [1.29, 1.82) is 5.26 Å². The zero-order chi connectivity index (χ0) is 11.7. The van der Waals surface area contributed by atoms with Crippen LogP contribution in [0.4, 0.5) is 0 Å². The summed E-state index contributed by atoms with van der Waals surface area (Å²) in [6.45, 7) is 4.61. The first kappa shape index (κ1) is 11.7. The molecule has 0 aliphatic carbocycles. The molecule has 0 aromatic carbocycles. The Morgan fingerprint density at radius 2 is 2.20 bits per heavy atom. The standard InChI is InChI=1S/C8H12N4O2S/c1-6-10-4-7(11-6)15(13,14)12-8(2,3)5-9/h4,12H,1-3H3,(H,10,11). The zero-order valence-electron chi connectivity index (χ0n) is 8.70. The number of aromatic amines is 1. The monoisotopic (exact) mass is 228 g/mol. The van der Waals surface area contributed by atoms with E-state index in [-0.39, 0.29) is 5.03 Å². The fourth-order valence-electron chi connectivity index (χ4n) is 0.949. The second-order valence-corrected chi connectivity index (χ2v) is 5.33. The number of sulfonamides is 1. The first-order chi connectivity index (χ1) is 6.77. The van der Waals surface area contributed by atoms with Crippen LogP contribution in [-0.2, 0) is 10.0 Å². The molecule has 0 amide bonds. The third kappa shape index (κ3) is 2.78. The van der Waals surface area contributed by atoms with Crippen molar-refractivity contribution in [3.8, 4) is 6.07 Å². The zero-order valence-corrected chi connectivity index (χ0v) is 9.51. The number of aromatic nitrogens is 2. The maximum atomic E-state index is 11.7. The predicted octanol–water partition coefficient (Wildman–Crippen LogP) is 0.299. The number of imidazole rings is 1. The summed E-state index contributed by atoms with van der Waals surface area (Å²) in [6.07, 6.45) is 1.21. The minimum absolute atomic E-state index is 0.0386. The second kappa shape index (κ2) is 3.64. The minimum Gasteiger partial charge on any atom is -0.332 e. The molecule has 0 spiro atoms. The lowest BCUT2D eigenvalue weighted by molar-refractivity contribution is 0.533. The summed E-state index contributed by atoms with van der Waals surface area (Å²) in [5.41, 5.74) is -1.14. The highest BCUT2D eigenvalue weighted by molar-refractivity contribution is 7.89. The lowest BCUT2D eigenvalue weighted by atomic mass is 10.1. The van der Waals surface area contributed by atoms with E-state index in [1.165, 1.54) is 20.0 Å². The second-order valence-electron chi connectivity index (χ2n) is 3.68. The van der Waals surface area contributed by atoms with Gasteiger partial charge in [-0.3, -0.25) is 0 Å². The molecular formula is C8H12N4O2S. The Hall–Kier alpha value is -1.39. The highest BCUT2D eigenvalue weighted by atomic mass is 32.2. The molecule has 1 heterocycles. The maximum Gasteiger partial charge on any atom is 0.258 e. The van der Waals surface area contributed by atoms with Crippen molar-refractivity contribution in [2.75, 3.05) is 0 Å². The SMILES string of the molecule is Cc1ncc(S(=O)(=O)NC(C)(C)C#N)[nH]1. The van der Waals surface area contributed by atoms with E-state index >= 15 is 0 Å². The van der Waals surface area contributed by atoms with Gasteiger partial charge < -0.3 is 4.98 Å². The van der Waals surface area contributed by atoms with Crippen LogP contribution in [0.15, 0.2) is 11.2 Å². The summed E-state index contributed by atoms with van der Waals surface area (Å²) in [5.74, 6) is 0.505. The van der Waals surface area contributed by atoms with E-state index in [0.29, 0.717) is 5.82 Å². The number of hydrogen-bond acceptors (Lipinski definition) is 4. The molecule has 0 unspecified atom stereocenters. The van der Waals surface area contributed by atoms with Gasteiger partial charge in [0.1, 0.15) is 11.4 Å². The number of rotatable bonds is 3. The summed E-state index contributed by atoms with van der Waals surface area (Å²) in [4.78, 5) is 6.37. The van der Waals surface area contributed by atoms with E-state index in [1.807, 2.05) is 6.07 Å². The van der Waals surface area contributed by atoms with Gasteiger partial charge in [-0.2, -0.15) is 9.98 Å². The van der Waals surface area contributed by atoms with Gasteiger partial charge in [0.15, 0.2) is 5.03 Å². The van der Waals surface area contributed by atoms with Crippen LogP contribution in [0.3, 0.4) is 0 Å². The van der Waals surface area contributed by atoms with Crippen LogP contribution in [0.1, 0.15) is 19.7 Å². The van der Waals surface area contributed by atoms with Crippen molar-refractivity contribution in [1.82, 2.24) is 14.7 Å². The van der Waals surface area contributed by atoms with Crippen molar-refractivity contribution in [2.45, 2.75) is 31.3 Å². The van der Waals surface area contributed by atoms with Gasteiger partial charge in [-0.15, -0.1) is 0 Å². The van der Waals surface area contributed by atoms with E-state index in [9.17, 15) is 8.42 Å². The Balaban J connectivity index is 3.01. The molecule has 0 aliphatic heterocycles. The van der Waals surface area contributed by atoms with E-state index in [0.717, 1.165) is 0 Å². The lowest BCUT2D eigenvalue weighted by Crippen LogP contribution is -2.42. The Morgan fingerprint density at radius 1 is 1.60 bits per heavy atom. The van der Waals surface area contributed by atoms with Crippen molar-refractivity contribution < 1.29 is 8.42 Å². The van der Waals surface area contributed by atoms with Gasteiger partial charge in [0, 0.05) is 0 Å². The van der Waals surface area contributed by atoms with E-state index in [1.54, 1.807) is 6.92 Å². The highest BCUT2D eigenvalue weighted by Gasteiger charge is 2.26. The van der Waals surface area contributed by atoms with Gasteiger partial charge in [-0.25, -0.2) is 13.4 Å². The predicted molar refractivity (Wildman–Crippen MR) is 53.3 cm³/mol. The summed E-state index contributed by atoms with van der Waals surface area (Å²) >= 11 is 0. The molecule has 1 aromatic heterocycles. The van der Waals surface area contributed by atoms with Gasteiger partial charge in [0.2, 0.25) is 0 Å². The first-order valence-corrected chi connectivity index (χ1v) is 5.72. The van der Waals surface area contributed by atoms with Crippen molar-refractivity contribution >= 4 is 10.0 Å². The Kier molecular flexibility index (Phi) is 2.83. The molecule has 1 rings (SSSR count). The number of H-pyrrole nitrogens is 1. The molecule has 0 fully saturated rings. The Labute approximate surface area is 88.4 Å². The van der Waals surface area contributed by atoms with E-state index < -0.39 is 15.6 Å². The van der Waals surface area contributed by atoms with Crippen molar-refractivity contribution in [2.24, 2.45) is 0 Å². The van der Waals surface area contributed by atoms with Gasteiger partial charge in [-0.1, -0.05) is 0 Å². The third-order valence-corrected chi connectivity index (χ3v) is 3.20. The molecule has 0 radical (unpaired) electrons. The largest absolute Gasteiger partial charge is 0.332 e. The molecule has 0 aliphatic rings. The molecule has 0 bridgehead atoms. The summed E-state index contributed by atoms with van der Waals surface area (Å²) in [6, 6.07) is 1.85. The van der Waals surface area contributed by atoms with Crippen LogP contribution >= 0.6 is 0 Å². The summed E-state index contributed by atoms with van der Waals surface area (Å²) < 4.78 is 25.6. The van der Waals surface area contributed by atoms with E-state index in [4.69, 9.17) is 5.26 Å². The van der Waals surface area contributed by atoms with Crippen LogP contribution in [0.25, 0.3) is 0 Å². The third-order valence-electron chi connectivity index (χ3n) is 1.64. The van der Waals surface area contributed by atoms with Gasteiger partial charge in [0.25, 0.3) is 10.0 Å². The van der Waals surface area contributed by atoms with Gasteiger partial charge in [0.05, 0.1) is 12.3 Å². The van der Waals surface area contributed by atoms with Gasteiger partial charge >= 0.3 is 0 Å². The average Bonchev–Trinajstić information content (AvgIpc) is 2.51. The van der Waals surface area contributed by atoms with Crippen LogP contribution < -0.4 is 4.72 Å². The quantitative estimate of drug-likeness (QED) is 0.777. The van der Waals surface area contributed by atoms with Crippen LogP contribution in [-0.4, -0.2) is 23.9 Å². The maximum absolute atomic E-state index is 11.7. The average molecular weight is 228 g/mol. The number of aryl methyl sites for hydroxylation is 1.